The Balaban J connectivity index is 1.95. The molecule has 0 aliphatic carbocycles. The Hall–Kier alpha value is -2.88. The molecule has 176 valence electrons. The van der Waals surface area contributed by atoms with Crippen LogP contribution in [0, 0.1) is 0 Å². The number of allylic oxidation sites excluding steroid dienone is 1. The summed E-state index contributed by atoms with van der Waals surface area (Å²) in [6.07, 6.45) is 1.69. The van der Waals surface area contributed by atoms with E-state index in [0.29, 0.717) is 41.2 Å². The maximum atomic E-state index is 13.6. The summed E-state index contributed by atoms with van der Waals surface area (Å²) in [5.41, 5.74) is 1.85. The van der Waals surface area contributed by atoms with Gasteiger partial charge in [-0.25, -0.2) is 9.79 Å². The number of thiazole rings is 1. The lowest BCUT2D eigenvalue weighted by molar-refractivity contribution is -0.139. The van der Waals surface area contributed by atoms with Gasteiger partial charge in [-0.2, -0.15) is 0 Å². The summed E-state index contributed by atoms with van der Waals surface area (Å²) < 4.78 is 12.9. The number of hydrogen-bond donors (Lipinski definition) is 1. The average Bonchev–Trinajstić information content (AvgIpc) is 3.10. The Bertz CT molecular complexity index is 1490. The number of carbonyl (C=O) groups is 1. The number of benzene rings is 2. The van der Waals surface area contributed by atoms with Gasteiger partial charge in [0.05, 0.1) is 40.0 Å². The van der Waals surface area contributed by atoms with Crippen LogP contribution in [0.25, 0.3) is 6.08 Å². The third-order valence-corrected chi connectivity index (χ3v) is 7.11. The minimum atomic E-state index is -0.712. The number of phenols is 1. The zero-order chi connectivity index (χ0) is 24.6. The minimum Gasteiger partial charge on any atom is -0.503 e. The summed E-state index contributed by atoms with van der Waals surface area (Å²) in [6, 6.07) is 9.59. The van der Waals surface area contributed by atoms with Crippen molar-refractivity contribution in [2.75, 3.05) is 13.7 Å². The van der Waals surface area contributed by atoms with E-state index >= 15 is 0 Å². The van der Waals surface area contributed by atoms with E-state index < -0.39 is 12.0 Å². The molecular weight excluding hydrogens is 544 g/mol. The largest absolute Gasteiger partial charge is 0.503 e. The zero-order valence-electron chi connectivity index (χ0n) is 18.5. The van der Waals surface area contributed by atoms with Gasteiger partial charge in [-0.05, 0) is 71.2 Å². The third kappa shape index (κ3) is 4.43. The van der Waals surface area contributed by atoms with Crippen LogP contribution in [0.3, 0.4) is 0 Å². The Morgan fingerprint density at radius 3 is 2.68 bits per heavy atom. The number of halogens is 2. The molecule has 0 bridgehead atoms. The van der Waals surface area contributed by atoms with Crippen molar-refractivity contribution in [3.8, 4) is 11.5 Å². The van der Waals surface area contributed by atoms with E-state index in [9.17, 15) is 14.7 Å². The van der Waals surface area contributed by atoms with Crippen LogP contribution < -0.4 is 19.6 Å². The van der Waals surface area contributed by atoms with Crippen molar-refractivity contribution in [3.05, 3.63) is 88.0 Å². The summed E-state index contributed by atoms with van der Waals surface area (Å²) in [7, 11) is 1.45. The molecule has 2 heterocycles. The highest BCUT2D eigenvalue weighted by atomic mass is 79.9. The standard InChI is InChI=1S/C24H20BrClN2O5S/c1-4-33-23(31)19-12(2)27-24-28(20(19)14-5-7-15(26)8-6-14)22(30)18(34-24)11-13-9-16(25)21(29)17(10-13)32-3/h5-11,20,29H,4H2,1-3H3/b18-11-. The van der Waals surface area contributed by atoms with Gasteiger partial charge in [-0.15, -0.1) is 0 Å². The summed E-state index contributed by atoms with van der Waals surface area (Å²) in [6.45, 7) is 3.66. The summed E-state index contributed by atoms with van der Waals surface area (Å²) in [5.74, 6) is -0.281. The molecule has 1 unspecified atom stereocenters. The van der Waals surface area contributed by atoms with E-state index in [2.05, 4.69) is 20.9 Å². The number of hydrogen-bond acceptors (Lipinski definition) is 7. The topological polar surface area (TPSA) is 90.1 Å². The maximum absolute atomic E-state index is 13.6. The molecule has 1 N–H and O–H groups in total. The summed E-state index contributed by atoms with van der Waals surface area (Å²) in [5, 5.41) is 10.6. The summed E-state index contributed by atoms with van der Waals surface area (Å²) >= 11 is 10.6. The van der Waals surface area contributed by atoms with Crippen LogP contribution in [0.15, 0.2) is 61.9 Å². The van der Waals surface area contributed by atoms with Crippen LogP contribution in [0.1, 0.15) is 31.0 Å². The van der Waals surface area contributed by atoms with Crippen LogP contribution in [-0.4, -0.2) is 29.4 Å². The van der Waals surface area contributed by atoms with Crippen molar-refractivity contribution in [2.24, 2.45) is 4.99 Å². The predicted octanol–water partition coefficient (Wildman–Crippen LogP) is 3.93. The van der Waals surface area contributed by atoms with Gasteiger partial charge in [0.25, 0.3) is 5.56 Å². The Morgan fingerprint density at radius 2 is 2.03 bits per heavy atom. The smallest absolute Gasteiger partial charge is 0.338 e. The van der Waals surface area contributed by atoms with Crippen LogP contribution >= 0.6 is 38.9 Å². The molecular formula is C24H20BrClN2O5S. The van der Waals surface area contributed by atoms with E-state index in [1.54, 1.807) is 56.3 Å². The van der Waals surface area contributed by atoms with E-state index in [0.717, 1.165) is 0 Å². The van der Waals surface area contributed by atoms with Crippen LogP contribution in [-0.2, 0) is 9.53 Å². The molecule has 0 saturated heterocycles. The van der Waals surface area contributed by atoms with Gasteiger partial charge < -0.3 is 14.6 Å². The Kier molecular flexibility index (Phi) is 6.97. The zero-order valence-corrected chi connectivity index (χ0v) is 21.6. The first-order valence-corrected chi connectivity index (χ1v) is 12.3. The van der Waals surface area contributed by atoms with Crippen molar-refractivity contribution >= 4 is 50.9 Å². The number of carbonyl (C=O) groups excluding carboxylic acids is 1. The molecule has 0 fully saturated rings. The van der Waals surface area contributed by atoms with Crippen molar-refractivity contribution < 1.29 is 19.4 Å². The maximum Gasteiger partial charge on any atom is 0.338 e. The molecule has 3 aromatic rings. The number of nitrogens with zero attached hydrogens (tertiary/aromatic N) is 2. The van der Waals surface area contributed by atoms with Gasteiger partial charge in [-0.1, -0.05) is 35.1 Å². The molecule has 0 spiro atoms. The van der Waals surface area contributed by atoms with Crippen molar-refractivity contribution in [3.63, 3.8) is 0 Å². The van der Waals surface area contributed by atoms with Gasteiger partial charge in [0.1, 0.15) is 0 Å². The molecule has 0 radical (unpaired) electrons. The van der Waals surface area contributed by atoms with Crippen molar-refractivity contribution in [2.45, 2.75) is 19.9 Å². The number of ether oxygens (including phenoxy) is 2. The second kappa shape index (κ2) is 9.77. The van der Waals surface area contributed by atoms with Gasteiger partial charge >= 0.3 is 5.97 Å². The van der Waals surface area contributed by atoms with Gasteiger partial charge in [0.2, 0.25) is 0 Å². The van der Waals surface area contributed by atoms with Crippen LogP contribution in [0.5, 0.6) is 11.5 Å². The second-order valence-electron chi connectivity index (χ2n) is 7.41. The lowest BCUT2D eigenvalue weighted by Crippen LogP contribution is -2.39. The SMILES string of the molecule is CCOC(=O)C1=C(C)N=c2s/c(=C\c3cc(Br)c(O)c(OC)c3)c(=O)n2C1c1ccc(Cl)cc1. The lowest BCUT2D eigenvalue weighted by atomic mass is 9.96. The molecule has 1 aliphatic rings. The molecule has 10 heteroatoms. The molecule has 1 aliphatic heterocycles. The van der Waals surface area contributed by atoms with Crippen molar-refractivity contribution in [1.82, 2.24) is 4.57 Å². The molecule has 1 aromatic heterocycles. The monoisotopic (exact) mass is 562 g/mol. The quantitative estimate of drug-likeness (QED) is 0.475. The number of phenolic OH excluding ortho intramolecular Hbond substituents is 1. The van der Waals surface area contributed by atoms with E-state index in [-0.39, 0.29) is 23.7 Å². The lowest BCUT2D eigenvalue weighted by Gasteiger charge is -2.24. The highest BCUT2D eigenvalue weighted by molar-refractivity contribution is 9.10. The Morgan fingerprint density at radius 1 is 1.32 bits per heavy atom. The fraction of sp³-hybridized carbons (Fsp3) is 0.208. The van der Waals surface area contributed by atoms with Gasteiger partial charge in [0, 0.05) is 5.02 Å². The first-order valence-electron chi connectivity index (χ1n) is 10.3. The fourth-order valence-electron chi connectivity index (χ4n) is 3.74. The summed E-state index contributed by atoms with van der Waals surface area (Å²) in [4.78, 5) is 31.5. The van der Waals surface area contributed by atoms with E-state index in [1.807, 2.05) is 0 Å². The van der Waals surface area contributed by atoms with E-state index in [1.165, 1.54) is 23.0 Å². The number of aromatic nitrogens is 1. The minimum absolute atomic E-state index is 0.0291. The molecule has 1 atom stereocenters. The van der Waals surface area contributed by atoms with Crippen LogP contribution in [0.2, 0.25) is 5.02 Å². The van der Waals surface area contributed by atoms with Gasteiger partial charge in [0.15, 0.2) is 16.3 Å². The second-order valence-corrected chi connectivity index (χ2v) is 9.71. The number of rotatable bonds is 5. The number of fused-ring (bicyclic) bond motifs is 1. The van der Waals surface area contributed by atoms with Gasteiger partial charge in [-0.3, -0.25) is 9.36 Å². The number of aromatic hydroxyl groups is 1. The molecule has 4 rings (SSSR count). The predicted molar refractivity (Wildman–Crippen MR) is 134 cm³/mol. The molecule has 7 nitrogen and oxygen atoms in total. The molecule has 2 aromatic carbocycles. The normalized spacial score (nSPS) is 15.7. The van der Waals surface area contributed by atoms with Crippen LogP contribution in [0.4, 0.5) is 0 Å². The van der Waals surface area contributed by atoms with E-state index in [4.69, 9.17) is 21.1 Å². The molecule has 34 heavy (non-hydrogen) atoms. The molecule has 0 saturated carbocycles. The average molecular weight is 564 g/mol. The number of esters is 1. The van der Waals surface area contributed by atoms with Crippen molar-refractivity contribution in [1.29, 1.82) is 0 Å². The fourth-order valence-corrected chi connectivity index (χ4v) is 5.37. The third-order valence-electron chi connectivity index (χ3n) is 5.27. The Labute approximate surface area is 212 Å². The number of methoxy groups -OCH3 is 1. The highest BCUT2D eigenvalue weighted by Gasteiger charge is 2.33. The highest BCUT2D eigenvalue weighted by Crippen LogP contribution is 2.35. The first kappa shape index (κ1) is 24.3. The molecule has 0 amide bonds. The first-order chi connectivity index (χ1) is 16.2.